The lowest BCUT2D eigenvalue weighted by Crippen LogP contribution is -2.18. The second-order valence-electron chi connectivity index (χ2n) is 19.0. The monoisotopic (exact) mass is 791 g/mol. The zero-order valence-electron chi connectivity index (χ0n) is 35.5. The SMILES string of the molecule is CC(C)(C)c1ccc(-c2ccc(-c3ccccc3)c3c2C(C)(C)c2cc(N(c4ccc5c(c4)C(C)(C)c4ccccc4-5)c4ccc5sc6ccccc6c5c4)ccc2-3)cc1. The largest absolute Gasteiger partial charge is 0.310 e. The van der Waals surface area contributed by atoms with Crippen molar-refractivity contribution in [3.8, 4) is 44.5 Å². The number of nitrogens with zero attached hydrogens (tertiary/aromatic N) is 1. The van der Waals surface area contributed by atoms with Crippen molar-refractivity contribution in [2.24, 2.45) is 0 Å². The highest BCUT2D eigenvalue weighted by molar-refractivity contribution is 7.25. The fraction of sp³-hybridized carbons (Fsp3) is 0.172. The van der Waals surface area contributed by atoms with Crippen LogP contribution in [0.25, 0.3) is 64.7 Å². The Morgan fingerprint density at radius 2 is 0.967 bits per heavy atom. The molecular formula is C58H49NS. The van der Waals surface area contributed by atoms with Gasteiger partial charge in [-0.05, 0) is 126 Å². The Labute approximate surface area is 358 Å². The molecule has 1 aromatic heterocycles. The first kappa shape index (κ1) is 36.8. The maximum atomic E-state index is 2.51. The van der Waals surface area contributed by atoms with E-state index in [1.807, 2.05) is 11.3 Å². The molecule has 2 heteroatoms. The first-order valence-electron chi connectivity index (χ1n) is 21.3. The molecule has 292 valence electrons. The van der Waals surface area contributed by atoms with E-state index >= 15 is 0 Å². The first-order chi connectivity index (χ1) is 28.9. The van der Waals surface area contributed by atoms with E-state index in [9.17, 15) is 0 Å². The van der Waals surface area contributed by atoms with E-state index in [-0.39, 0.29) is 16.2 Å². The van der Waals surface area contributed by atoms with Crippen LogP contribution in [0.4, 0.5) is 17.1 Å². The van der Waals surface area contributed by atoms with Crippen molar-refractivity contribution in [1.29, 1.82) is 0 Å². The van der Waals surface area contributed by atoms with Gasteiger partial charge in [0.1, 0.15) is 0 Å². The molecule has 0 atom stereocenters. The van der Waals surface area contributed by atoms with E-state index in [2.05, 4.69) is 223 Å². The lowest BCUT2D eigenvalue weighted by atomic mass is 9.77. The van der Waals surface area contributed by atoms with Crippen molar-refractivity contribution in [1.82, 2.24) is 0 Å². The topological polar surface area (TPSA) is 3.24 Å². The van der Waals surface area contributed by atoms with Crippen molar-refractivity contribution >= 4 is 48.6 Å². The van der Waals surface area contributed by atoms with Gasteiger partial charge in [-0.15, -0.1) is 11.3 Å². The molecule has 0 N–H and O–H groups in total. The lowest BCUT2D eigenvalue weighted by Gasteiger charge is -2.30. The molecule has 0 fully saturated rings. The van der Waals surface area contributed by atoms with Crippen LogP contribution in [0.15, 0.2) is 170 Å². The van der Waals surface area contributed by atoms with Crippen LogP contribution in [-0.2, 0) is 16.2 Å². The number of hydrogen-bond donors (Lipinski definition) is 0. The summed E-state index contributed by atoms with van der Waals surface area (Å²) in [5.74, 6) is 0. The molecule has 0 amide bonds. The number of fused-ring (bicyclic) bond motifs is 9. The maximum absolute atomic E-state index is 2.51. The number of thiophene rings is 1. The predicted molar refractivity (Wildman–Crippen MR) is 259 cm³/mol. The number of anilines is 3. The Morgan fingerprint density at radius 3 is 1.72 bits per heavy atom. The van der Waals surface area contributed by atoms with Gasteiger partial charge in [-0.1, -0.05) is 170 Å². The Morgan fingerprint density at radius 1 is 0.417 bits per heavy atom. The molecule has 0 saturated heterocycles. The fourth-order valence-electron chi connectivity index (χ4n) is 10.5. The summed E-state index contributed by atoms with van der Waals surface area (Å²) >= 11 is 1.87. The number of hydrogen-bond acceptors (Lipinski definition) is 2. The molecule has 9 aromatic rings. The van der Waals surface area contributed by atoms with Crippen LogP contribution in [-0.4, -0.2) is 0 Å². The summed E-state index contributed by atoms with van der Waals surface area (Å²) in [6.07, 6.45) is 0. The lowest BCUT2D eigenvalue weighted by molar-refractivity contribution is 0.590. The quantitative estimate of drug-likeness (QED) is 0.168. The van der Waals surface area contributed by atoms with Gasteiger partial charge in [0.15, 0.2) is 0 Å². The summed E-state index contributed by atoms with van der Waals surface area (Å²) < 4.78 is 2.64. The number of rotatable bonds is 5. The third-order valence-electron chi connectivity index (χ3n) is 13.6. The van der Waals surface area contributed by atoms with Gasteiger partial charge in [0, 0.05) is 48.1 Å². The van der Waals surface area contributed by atoms with Gasteiger partial charge < -0.3 is 4.90 Å². The molecule has 2 aliphatic carbocycles. The van der Waals surface area contributed by atoms with Crippen LogP contribution < -0.4 is 4.90 Å². The minimum atomic E-state index is -0.274. The molecule has 2 aliphatic rings. The first-order valence-corrected chi connectivity index (χ1v) is 22.2. The third kappa shape index (κ3) is 5.50. The zero-order valence-corrected chi connectivity index (χ0v) is 36.3. The fourth-order valence-corrected chi connectivity index (χ4v) is 11.5. The van der Waals surface area contributed by atoms with Gasteiger partial charge in [0.2, 0.25) is 0 Å². The van der Waals surface area contributed by atoms with Crippen LogP contribution in [0, 0.1) is 0 Å². The summed E-state index contributed by atoms with van der Waals surface area (Å²) in [6, 6.07) is 64.3. The van der Waals surface area contributed by atoms with E-state index in [4.69, 9.17) is 0 Å². The van der Waals surface area contributed by atoms with E-state index in [1.54, 1.807) is 0 Å². The van der Waals surface area contributed by atoms with Crippen LogP contribution in [0.2, 0.25) is 0 Å². The third-order valence-corrected chi connectivity index (χ3v) is 14.8. The second kappa shape index (κ2) is 13.1. The molecule has 0 saturated carbocycles. The predicted octanol–water partition coefficient (Wildman–Crippen LogP) is 16.8. The smallest absolute Gasteiger partial charge is 0.0468 e. The van der Waals surface area contributed by atoms with Crippen molar-refractivity contribution in [3.05, 3.63) is 198 Å². The molecule has 1 nitrogen and oxygen atoms in total. The van der Waals surface area contributed by atoms with E-state index in [1.165, 1.54) is 104 Å². The summed E-state index contributed by atoms with van der Waals surface area (Å²) in [6.45, 7) is 16.5. The van der Waals surface area contributed by atoms with Crippen LogP contribution in [0.5, 0.6) is 0 Å². The van der Waals surface area contributed by atoms with Crippen molar-refractivity contribution in [2.75, 3.05) is 4.90 Å². The minimum absolute atomic E-state index is 0.0923. The van der Waals surface area contributed by atoms with Gasteiger partial charge in [-0.2, -0.15) is 0 Å². The Balaban J connectivity index is 1.13. The molecule has 0 radical (unpaired) electrons. The van der Waals surface area contributed by atoms with E-state index in [0.29, 0.717) is 0 Å². The highest BCUT2D eigenvalue weighted by Crippen LogP contribution is 2.57. The summed E-state index contributed by atoms with van der Waals surface area (Å²) in [4.78, 5) is 2.51. The van der Waals surface area contributed by atoms with Gasteiger partial charge in [0.05, 0.1) is 0 Å². The normalized spacial score (nSPS) is 14.5. The van der Waals surface area contributed by atoms with Gasteiger partial charge in [0.25, 0.3) is 0 Å². The van der Waals surface area contributed by atoms with Gasteiger partial charge in [-0.25, -0.2) is 0 Å². The Hall–Kier alpha value is -6.22. The molecule has 0 unspecified atom stereocenters. The standard InChI is InChI=1S/C58H49NS/c1-56(2,3)38-23-21-37(22-24-38)43-31-30-42(36-15-9-8-10-16-36)54-47-29-26-41(35-51(47)58(6,7)55(43)54)59(39-27-32-53-48(33-39)46-18-12-14-20-52(46)60-53)40-25-28-45-44-17-11-13-19-49(44)57(4,5)50(45)34-40/h8-35H,1-7H3. The Bertz CT molecular complexity index is 3170. The van der Waals surface area contributed by atoms with E-state index in [0.717, 1.165) is 5.69 Å². The zero-order chi connectivity index (χ0) is 41.1. The summed E-state index contributed by atoms with van der Waals surface area (Å²) in [7, 11) is 0. The van der Waals surface area contributed by atoms with Crippen LogP contribution >= 0.6 is 11.3 Å². The van der Waals surface area contributed by atoms with E-state index < -0.39 is 0 Å². The minimum Gasteiger partial charge on any atom is -0.310 e. The highest BCUT2D eigenvalue weighted by Gasteiger charge is 2.40. The summed E-state index contributed by atoms with van der Waals surface area (Å²) in [5.41, 5.74) is 20.5. The molecule has 0 spiro atoms. The van der Waals surface area contributed by atoms with Crippen molar-refractivity contribution in [3.63, 3.8) is 0 Å². The van der Waals surface area contributed by atoms with Gasteiger partial charge in [-0.3, -0.25) is 0 Å². The molecule has 0 bridgehead atoms. The summed E-state index contributed by atoms with van der Waals surface area (Å²) in [5, 5.41) is 2.61. The molecule has 1 heterocycles. The highest BCUT2D eigenvalue weighted by atomic mass is 32.1. The molecule has 60 heavy (non-hydrogen) atoms. The molecule has 8 aromatic carbocycles. The molecule has 0 aliphatic heterocycles. The van der Waals surface area contributed by atoms with Crippen LogP contribution in [0.3, 0.4) is 0 Å². The van der Waals surface area contributed by atoms with Crippen LogP contribution in [0.1, 0.15) is 76.3 Å². The Kier molecular flexibility index (Phi) is 8.07. The average molecular weight is 792 g/mol. The number of benzene rings is 8. The van der Waals surface area contributed by atoms with Crippen molar-refractivity contribution < 1.29 is 0 Å². The maximum Gasteiger partial charge on any atom is 0.0468 e. The molecule has 11 rings (SSSR count). The van der Waals surface area contributed by atoms with Crippen molar-refractivity contribution in [2.45, 2.75) is 64.7 Å². The molecular weight excluding hydrogens is 743 g/mol. The average Bonchev–Trinajstić information content (AvgIpc) is 3.83. The van der Waals surface area contributed by atoms with Gasteiger partial charge >= 0.3 is 0 Å². The second-order valence-corrected chi connectivity index (χ2v) is 20.1.